The van der Waals surface area contributed by atoms with Gasteiger partial charge in [-0.2, -0.15) is 0 Å². The van der Waals surface area contributed by atoms with E-state index in [4.69, 9.17) is 9.47 Å². The van der Waals surface area contributed by atoms with E-state index in [2.05, 4.69) is 10.0 Å². The van der Waals surface area contributed by atoms with Gasteiger partial charge in [0.1, 0.15) is 0 Å². The average molecular weight is 439 g/mol. The Kier molecular flexibility index (Phi) is 5.32. The Morgan fingerprint density at radius 1 is 0.871 bits per heavy atom. The summed E-state index contributed by atoms with van der Waals surface area (Å²) in [5, 5.41) is 2.76. The van der Waals surface area contributed by atoms with Crippen LogP contribution in [0.3, 0.4) is 0 Å². The van der Waals surface area contributed by atoms with E-state index in [1.807, 2.05) is 26.0 Å². The zero-order valence-electron chi connectivity index (χ0n) is 17.4. The number of fused-ring (bicyclic) bond motifs is 1. The van der Waals surface area contributed by atoms with Crippen molar-refractivity contribution in [2.45, 2.75) is 25.7 Å². The topological polar surface area (TPSA) is 93.7 Å². The minimum absolute atomic E-state index is 0.0470. The highest BCUT2D eigenvalue weighted by molar-refractivity contribution is 7.92. The van der Waals surface area contributed by atoms with E-state index >= 15 is 0 Å². The minimum Gasteiger partial charge on any atom is -0.454 e. The van der Waals surface area contributed by atoms with Crippen LogP contribution in [0.2, 0.25) is 0 Å². The monoisotopic (exact) mass is 438 g/mol. The number of amides is 1. The summed E-state index contributed by atoms with van der Waals surface area (Å²) in [4.78, 5) is 12.8. The van der Waals surface area contributed by atoms with Gasteiger partial charge in [0.05, 0.1) is 10.6 Å². The molecule has 8 heteroatoms. The maximum absolute atomic E-state index is 13.0. The zero-order chi connectivity index (χ0) is 22.2. The molecule has 3 aromatic rings. The van der Waals surface area contributed by atoms with Gasteiger partial charge in [-0.3, -0.25) is 9.52 Å². The number of hydrogen-bond acceptors (Lipinski definition) is 5. The molecule has 7 nitrogen and oxygen atoms in total. The molecule has 2 N–H and O–H groups in total. The van der Waals surface area contributed by atoms with Crippen LogP contribution in [0, 0.1) is 20.8 Å². The first-order valence-electron chi connectivity index (χ1n) is 9.65. The van der Waals surface area contributed by atoms with Crippen molar-refractivity contribution in [3.05, 3.63) is 76.9 Å². The molecule has 1 aliphatic rings. The summed E-state index contributed by atoms with van der Waals surface area (Å²) in [7, 11) is -3.88. The Morgan fingerprint density at radius 2 is 1.65 bits per heavy atom. The summed E-state index contributed by atoms with van der Waals surface area (Å²) in [5.74, 6) is 0.726. The predicted molar refractivity (Wildman–Crippen MR) is 118 cm³/mol. The molecule has 0 fully saturated rings. The first kappa shape index (κ1) is 20.7. The number of ether oxygens (including phenoxy) is 2. The second kappa shape index (κ2) is 7.96. The SMILES string of the molecule is Cc1ccc(NS(=O)(=O)c2cc(C(=O)Nc3ccc4c(c3)OCO4)ccc2C)c(C)c1. The first-order chi connectivity index (χ1) is 14.7. The number of sulfonamides is 1. The van der Waals surface area contributed by atoms with Gasteiger partial charge >= 0.3 is 0 Å². The molecule has 0 radical (unpaired) electrons. The highest BCUT2D eigenvalue weighted by atomic mass is 32.2. The number of aryl methyl sites for hydroxylation is 3. The van der Waals surface area contributed by atoms with Crippen molar-refractivity contribution < 1.29 is 22.7 Å². The third kappa shape index (κ3) is 4.34. The molecular formula is C23H22N2O5S. The molecule has 0 spiro atoms. The van der Waals surface area contributed by atoms with E-state index in [0.29, 0.717) is 28.4 Å². The van der Waals surface area contributed by atoms with Crippen molar-refractivity contribution in [3.63, 3.8) is 0 Å². The molecule has 4 rings (SSSR count). The maximum Gasteiger partial charge on any atom is 0.262 e. The second-order valence-electron chi connectivity index (χ2n) is 7.43. The van der Waals surface area contributed by atoms with Gasteiger partial charge in [-0.05, 0) is 62.2 Å². The Bertz CT molecular complexity index is 1290. The number of anilines is 2. The van der Waals surface area contributed by atoms with Crippen LogP contribution in [0.15, 0.2) is 59.5 Å². The Balaban J connectivity index is 1.59. The van der Waals surface area contributed by atoms with E-state index in [1.54, 1.807) is 43.3 Å². The first-order valence-corrected chi connectivity index (χ1v) is 11.1. The van der Waals surface area contributed by atoms with Crippen molar-refractivity contribution in [1.82, 2.24) is 0 Å². The fourth-order valence-corrected chi connectivity index (χ4v) is 4.74. The molecule has 31 heavy (non-hydrogen) atoms. The smallest absolute Gasteiger partial charge is 0.262 e. The number of nitrogens with one attached hydrogen (secondary N) is 2. The third-order valence-corrected chi connectivity index (χ3v) is 6.50. The molecule has 0 bridgehead atoms. The number of benzene rings is 3. The molecule has 1 aliphatic heterocycles. The standard InChI is InChI=1S/C23H22N2O5S/c1-14-4-8-19(16(3)10-14)25-31(27,28)22-11-17(6-5-15(22)2)23(26)24-18-7-9-20-21(12-18)30-13-29-20/h4-12,25H,13H2,1-3H3,(H,24,26). The average Bonchev–Trinajstić information content (AvgIpc) is 3.18. The maximum atomic E-state index is 13.0. The summed E-state index contributed by atoms with van der Waals surface area (Å²) in [6.45, 7) is 5.61. The van der Waals surface area contributed by atoms with Gasteiger partial charge in [-0.15, -0.1) is 0 Å². The molecule has 0 aliphatic carbocycles. The molecule has 1 heterocycles. The molecular weight excluding hydrogens is 416 g/mol. The predicted octanol–water partition coefficient (Wildman–Crippen LogP) is 4.39. The van der Waals surface area contributed by atoms with Crippen LogP contribution in [0.25, 0.3) is 0 Å². The van der Waals surface area contributed by atoms with E-state index in [9.17, 15) is 13.2 Å². The lowest BCUT2D eigenvalue weighted by atomic mass is 10.1. The van der Waals surface area contributed by atoms with E-state index < -0.39 is 15.9 Å². The van der Waals surface area contributed by atoms with Crippen LogP contribution in [0.5, 0.6) is 11.5 Å². The van der Waals surface area contributed by atoms with E-state index in [-0.39, 0.29) is 17.3 Å². The van der Waals surface area contributed by atoms with Crippen LogP contribution < -0.4 is 19.5 Å². The lowest BCUT2D eigenvalue weighted by Crippen LogP contribution is -2.17. The fraction of sp³-hybridized carbons (Fsp3) is 0.174. The Labute approximate surface area is 181 Å². The molecule has 160 valence electrons. The van der Waals surface area contributed by atoms with Crippen molar-refractivity contribution in [2.75, 3.05) is 16.8 Å². The fourth-order valence-electron chi connectivity index (χ4n) is 3.34. The molecule has 1 amide bonds. The zero-order valence-corrected chi connectivity index (χ0v) is 18.2. The van der Waals surface area contributed by atoms with Crippen molar-refractivity contribution in [3.8, 4) is 11.5 Å². The largest absolute Gasteiger partial charge is 0.454 e. The van der Waals surface area contributed by atoms with Crippen LogP contribution in [0.4, 0.5) is 11.4 Å². The normalized spacial score (nSPS) is 12.5. The summed E-state index contributed by atoms with van der Waals surface area (Å²) < 4.78 is 39.3. The number of carbonyl (C=O) groups excluding carboxylic acids is 1. The third-order valence-electron chi connectivity index (χ3n) is 5.00. The van der Waals surface area contributed by atoms with Gasteiger partial charge in [0, 0.05) is 17.3 Å². The van der Waals surface area contributed by atoms with Gasteiger partial charge in [-0.1, -0.05) is 23.8 Å². The molecule has 0 saturated carbocycles. The number of rotatable bonds is 5. The minimum atomic E-state index is -3.88. The quantitative estimate of drug-likeness (QED) is 0.616. The lowest BCUT2D eigenvalue weighted by Gasteiger charge is -2.14. The van der Waals surface area contributed by atoms with Crippen LogP contribution in [-0.2, 0) is 10.0 Å². The van der Waals surface area contributed by atoms with Crippen LogP contribution in [-0.4, -0.2) is 21.1 Å². The molecule has 0 unspecified atom stereocenters. The molecule has 0 atom stereocenters. The summed E-state index contributed by atoms with van der Waals surface area (Å²) in [6, 6.07) is 15.1. The van der Waals surface area contributed by atoms with E-state index in [0.717, 1.165) is 11.1 Å². The van der Waals surface area contributed by atoms with Gasteiger partial charge in [-0.25, -0.2) is 8.42 Å². The Hall–Kier alpha value is -3.52. The lowest BCUT2D eigenvalue weighted by molar-refractivity contribution is 0.102. The highest BCUT2D eigenvalue weighted by Crippen LogP contribution is 2.34. The molecule has 0 saturated heterocycles. The van der Waals surface area contributed by atoms with Gasteiger partial charge in [0.25, 0.3) is 15.9 Å². The summed E-state index contributed by atoms with van der Waals surface area (Å²) >= 11 is 0. The summed E-state index contributed by atoms with van der Waals surface area (Å²) in [6.07, 6.45) is 0. The van der Waals surface area contributed by atoms with Gasteiger partial charge in [0.2, 0.25) is 6.79 Å². The highest BCUT2D eigenvalue weighted by Gasteiger charge is 2.21. The number of hydrogen-bond donors (Lipinski definition) is 2. The van der Waals surface area contributed by atoms with Gasteiger partial charge in [0.15, 0.2) is 11.5 Å². The van der Waals surface area contributed by atoms with E-state index in [1.165, 1.54) is 6.07 Å². The molecule has 0 aromatic heterocycles. The van der Waals surface area contributed by atoms with Gasteiger partial charge < -0.3 is 14.8 Å². The Morgan fingerprint density at radius 3 is 2.42 bits per heavy atom. The van der Waals surface area contributed by atoms with Crippen molar-refractivity contribution >= 4 is 27.3 Å². The van der Waals surface area contributed by atoms with Crippen LogP contribution in [0.1, 0.15) is 27.0 Å². The molecule has 3 aromatic carbocycles. The van der Waals surface area contributed by atoms with Crippen molar-refractivity contribution in [1.29, 1.82) is 0 Å². The number of carbonyl (C=O) groups is 1. The second-order valence-corrected chi connectivity index (χ2v) is 9.08. The van der Waals surface area contributed by atoms with Crippen molar-refractivity contribution in [2.24, 2.45) is 0 Å². The summed E-state index contributed by atoms with van der Waals surface area (Å²) in [5.41, 5.74) is 3.64. The van der Waals surface area contributed by atoms with Crippen LogP contribution >= 0.6 is 0 Å².